The number of rotatable bonds is 5. The second kappa shape index (κ2) is 5.58. The summed E-state index contributed by atoms with van der Waals surface area (Å²) in [5.41, 5.74) is 3.55. The lowest BCUT2D eigenvalue weighted by Crippen LogP contribution is -2.08. The van der Waals surface area contributed by atoms with Crippen molar-refractivity contribution in [2.45, 2.75) is 20.0 Å². The molecule has 4 nitrogen and oxygen atoms in total. The second-order valence-corrected chi connectivity index (χ2v) is 4.50. The van der Waals surface area contributed by atoms with Crippen LogP contribution in [-0.2, 0) is 13.1 Å². The first kappa shape index (κ1) is 12.5. The van der Waals surface area contributed by atoms with E-state index >= 15 is 0 Å². The van der Waals surface area contributed by atoms with Crippen LogP contribution in [0.3, 0.4) is 0 Å². The van der Waals surface area contributed by atoms with Gasteiger partial charge in [0.15, 0.2) is 0 Å². The van der Waals surface area contributed by atoms with E-state index in [2.05, 4.69) is 46.5 Å². The van der Waals surface area contributed by atoms with Crippen molar-refractivity contribution in [3.05, 3.63) is 42.2 Å². The fourth-order valence-electron chi connectivity index (χ4n) is 1.74. The second-order valence-electron chi connectivity index (χ2n) is 4.50. The summed E-state index contributed by atoms with van der Waals surface area (Å²) in [6.45, 7) is 3.80. The van der Waals surface area contributed by atoms with Crippen LogP contribution < -0.4 is 10.2 Å². The third-order valence-corrected chi connectivity index (χ3v) is 2.91. The molecule has 0 saturated carbocycles. The average Bonchev–Trinajstić information content (AvgIpc) is 2.85. The largest absolute Gasteiger partial charge is 0.378 e. The molecule has 2 rings (SSSR count). The number of hydrogen-bond donors (Lipinski definition) is 1. The van der Waals surface area contributed by atoms with Crippen LogP contribution in [0, 0.1) is 0 Å². The molecule has 0 aliphatic carbocycles. The summed E-state index contributed by atoms with van der Waals surface area (Å²) in [6, 6.07) is 8.55. The van der Waals surface area contributed by atoms with Gasteiger partial charge in [-0.1, -0.05) is 12.1 Å². The van der Waals surface area contributed by atoms with Crippen LogP contribution >= 0.6 is 0 Å². The van der Waals surface area contributed by atoms with E-state index in [1.165, 1.54) is 11.3 Å². The Balaban J connectivity index is 1.93. The Morgan fingerprint density at radius 2 is 1.94 bits per heavy atom. The van der Waals surface area contributed by atoms with E-state index in [4.69, 9.17) is 0 Å². The lowest BCUT2D eigenvalue weighted by Gasteiger charge is -2.12. The van der Waals surface area contributed by atoms with E-state index < -0.39 is 0 Å². The van der Waals surface area contributed by atoms with Gasteiger partial charge in [-0.15, -0.1) is 0 Å². The fourth-order valence-corrected chi connectivity index (χ4v) is 1.74. The Morgan fingerprint density at radius 1 is 1.22 bits per heavy atom. The van der Waals surface area contributed by atoms with Gasteiger partial charge in [0, 0.05) is 39.1 Å². The van der Waals surface area contributed by atoms with Crippen LogP contribution in [-0.4, -0.2) is 23.9 Å². The standard InChI is InChI=1S/C14H20N4/c1-4-18-11-13(10-16-18)15-9-12-5-7-14(8-6-12)17(2)3/h5-8,10-11,15H,4,9H2,1-3H3. The van der Waals surface area contributed by atoms with Gasteiger partial charge in [-0.25, -0.2) is 0 Å². The molecule has 0 amide bonds. The molecule has 0 atom stereocenters. The first-order valence-electron chi connectivity index (χ1n) is 6.21. The molecule has 1 N–H and O–H groups in total. The van der Waals surface area contributed by atoms with E-state index in [0.717, 1.165) is 18.8 Å². The van der Waals surface area contributed by atoms with Crippen molar-refractivity contribution in [1.82, 2.24) is 9.78 Å². The zero-order valence-corrected chi connectivity index (χ0v) is 11.2. The number of aryl methyl sites for hydroxylation is 1. The van der Waals surface area contributed by atoms with Crippen LogP contribution in [0.15, 0.2) is 36.7 Å². The molecule has 1 aromatic carbocycles. The highest BCUT2D eigenvalue weighted by atomic mass is 15.3. The van der Waals surface area contributed by atoms with Crippen LogP contribution in [0.1, 0.15) is 12.5 Å². The first-order valence-corrected chi connectivity index (χ1v) is 6.21. The summed E-state index contributed by atoms with van der Waals surface area (Å²) >= 11 is 0. The minimum absolute atomic E-state index is 0.823. The van der Waals surface area contributed by atoms with Gasteiger partial charge >= 0.3 is 0 Å². The highest BCUT2D eigenvalue weighted by Crippen LogP contribution is 2.13. The molecule has 18 heavy (non-hydrogen) atoms. The lowest BCUT2D eigenvalue weighted by molar-refractivity contribution is 0.660. The molecule has 0 bridgehead atoms. The molecule has 1 aromatic heterocycles. The summed E-state index contributed by atoms with van der Waals surface area (Å²) in [5, 5.41) is 7.60. The number of hydrogen-bond acceptors (Lipinski definition) is 3. The average molecular weight is 244 g/mol. The quantitative estimate of drug-likeness (QED) is 0.877. The molecule has 4 heteroatoms. The summed E-state index contributed by atoms with van der Waals surface area (Å²) in [5.74, 6) is 0. The molecule has 0 aliphatic heterocycles. The zero-order valence-electron chi connectivity index (χ0n) is 11.2. The van der Waals surface area contributed by atoms with Crippen molar-refractivity contribution in [2.24, 2.45) is 0 Å². The number of nitrogens with one attached hydrogen (secondary N) is 1. The third kappa shape index (κ3) is 3.03. The van der Waals surface area contributed by atoms with Gasteiger partial charge in [0.2, 0.25) is 0 Å². The van der Waals surface area contributed by atoms with Crippen molar-refractivity contribution in [2.75, 3.05) is 24.3 Å². The SMILES string of the molecule is CCn1cc(NCc2ccc(N(C)C)cc2)cn1. The van der Waals surface area contributed by atoms with Crippen molar-refractivity contribution in [3.8, 4) is 0 Å². The molecule has 2 aromatic rings. The molecule has 96 valence electrons. The fraction of sp³-hybridized carbons (Fsp3) is 0.357. The van der Waals surface area contributed by atoms with Gasteiger partial charge in [0.1, 0.15) is 0 Å². The first-order chi connectivity index (χ1) is 8.69. The molecular formula is C14H20N4. The minimum atomic E-state index is 0.823. The molecule has 0 saturated heterocycles. The molecule has 0 fully saturated rings. The maximum atomic E-state index is 4.23. The minimum Gasteiger partial charge on any atom is -0.378 e. The molecule has 0 unspecified atom stereocenters. The highest BCUT2D eigenvalue weighted by molar-refractivity contribution is 5.47. The Bertz CT molecular complexity index is 485. The van der Waals surface area contributed by atoms with Gasteiger partial charge < -0.3 is 10.2 Å². The molecule has 0 spiro atoms. The predicted molar refractivity (Wildman–Crippen MR) is 76.0 cm³/mol. The number of anilines is 2. The van der Waals surface area contributed by atoms with Crippen LogP contribution in [0.4, 0.5) is 11.4 Å². The van der Waals surface area contributed by atoms with Crippen molar-refractivity contribution >= 4 is 11.4 Å². The Hall–Kier alpha value is -1.97. The normalized spacial score (nSPS) is 10.4. The Morgan fingerprint density at radius 3 is 2.50 bits per heavy atom. The van der Waals surface area contributed by atoms with E-state index in [9.17, 15) is 0 Å². The third-order valence-electron chi connectivity index (χ3n) is 2.91. The highest BCUT2D eigenvalue weighted by Gasteiger charge is 1.98. The Labute approximate surface area is 108 Å². The van der Waals surface area contributed by atoms with E-state index in [1.807, 2.05) is 31.2 Å². The predicted octanol–water partition coefficient (Wildman–Crippen LogP) is 2.58. The summed E-state index contributed by atoms with van der Waals surface area (Å²) in [4.78, 5) is 2.10. The maximum absolute atomic E-state index is 4.23. The zero-order chi connectivity index (χ0) is 13.0. The summed E-state index contributed by atoms with van der Waals surface area (Å²) in [7, 11) is 4.10. The van der Waals surface area contributed by atoms with E-state index in [-0.39, 0.29) is 0 Å². The molecular weight excluding hydrogens is 224 g/mol. The van der Waals surface area contributed by atoms with Crippen molar-refractivity contribution in [1.29, 1.82) is 0 Å². The van der Waals surface area contributed by atoms with Gasteiger partial charge in [-0.05, 0) is 24.6 Å². The molecule has 1 heterocycles. The lowest BCUT2D eigenvalue weighted by atomic mass is 10.2. The van der Waals surface area contributed by atoms with Gasteiger partial charge in [-0.2, -0.15) is 5.10 Å². The summed E-state index contributed by atoms with van der Waals surface area (Å²) in [6.07, 6.45) is 3.88. The monoisotopic (exact) mass is 244 g/mol. The van der Waals surface area contributed by atoms with Gasteiger partial charge in [-0.3, -0.25) is 4.68 Å². The van der Waals surface area contributed by atoms with E-state index in [1.54, 1.807) is 0 Å². The number of aromatic nitrogens is 2. The van der Waals surface area contributed by atoms with Gasteiger partial charge in [0.05, 0.1) is 11.9 Å². The smallest absolute Gasteiger partial charge is 0.0729 e. The van der Waals surface area contributed by atoms with Crippen LogP contribution in [0.5, 0.6) is 0 Å². The van der Waals surface area contributed by atoms with Crippen LogP contribution in [0.25, 0.3) is 0 Å². The van der Waals surface area contributed by atoms with Gasteiger partial charge in [0.25, 0.3) is 0 Å². The molecule has 0 aliphatic rings. The number of benzene rings is 1. The topological polar surface area (TPSA) is 33.1 Å². The van der Waals surface area contributed by atoms with E-state index in [0.29, 0.717) is 0 Å². The molecule has 0 radical (unpaired) electrons. The Kier molecular flexibility index (Phi) is 3.87. The maximum Gasteiger partial charge on any atom is 0.0729 e. The van der Waals surface area contributed by atoms with Crippen molar-refractivity contribution in [3.63, 3.8) is 0 Å². The van der Waals surface area contributed by atoms with Crippen molar-refractivity contribution < 1.29 is 0 Å². The summed E-state index contributed by atoms with van der Waals surface area (Å²) < 4.78 is 1.91. The van der Waals surface area contributed by atoms with Crippen LogP contribution in [0.2, 0.25) is 0 Å². The number of nitrogens with zero attached hydrogens (tertiary/aromatic N) is 3.